The molecule has 2 N–H and O–H groups in total. The molecule has 6 nitrogen and oxygen atoms in total. The maximum absolute atomic E-state index is 12.5. The summed E-state index contributed by atoms with van der Waals surface area (Å²) in [6, 6.07) is -0.470. The van der Waals surface area contributed by atoms with Crippen molar-refractivity contribution >= 4 is 12.0 Å². The molecule has 0 saturated carbocycles. The summed E-state index contributed by atoms with van der Waals surface area (Å²) in [5.74, 6) is -1.03. The van der Waals surface area contributed by atoms with Gasteiger partial charge in [0.1, 0.15) is 6.04 Å². The summed E-state index contributed by atoms with van der Waals surface area (Å²) >= 11 is 0. The molecule has 2 amide bonds. The molecule has 0 aromatic heterocycles. The normalized spacial score (nSPS) is 28.8. The molecule has 2 fully saturated rings. The summed E-state index contributed by atoms with van der Waals surface area (Å²) in [5, 5.41) is 12.0. The van der Waals surface area contributed by atoms with Gasteiger partial charge in [0.2, 0.25) is 0 Å². The third kappa shape index (κ3) is 3.48. The molecule has 21 heavy (non-hydrogen) atoms. The van der Waals surface area contributed by atoms with Gasteiger partial charge in [0, 0.05) is 25.2 Å². The minimum atomic E-state index is -0.954. The standard InChI is InChI=1S/C15H27N3O3/c1-4-10(2)13(14(19)20)16-15(21)18-9-12-6-5-7-17(12)8-11(18)3/h10-13H,4-9H2,1-3H3,(H,16,21)(H,19,20)/t10-,11?,12?,13-/m0/s1. The molecule has 2 rings (SSSR count). The molecule has 0 aliphatic carbocycles. The lowest BCUT2D eigenvalue weighted by Crippen LogP contribution is -2.61. The van der Waals surface area contributed by atoms with Gasteiger partial charge in [-0.15, -0.1) is 0 Å². The highest BCUT2D eigenvalue weighted by Gasteiger charge is 2.37. The van der Waals surface area contributed by atoms with Crippen molar-refractivity contribution in [3.63, 3.8) is 0 Å². The van der Waals surface area contributed by atoms with Gasteiger partial charge in [-0.05, 0) is 32.2 Å². The van der Waals surface area contributed by atoms with Crippen LogP contribution in [-0.2, 0) is 4.79 Å². The number of hydrogen-bond donors (Lipinski definition) is 2. The van der Waals surface area contributed by atoms with Crippen LogP contribution in [0.1, 0.15) is 40.0 Å². The number of aliphatic carboxylic acids is 1. The maximum Gasteiger partial charge on any atom is 0.326 e. The van der Waals surface area contributed by atoms with Crippen molar-refractivity contribution in [3.8, 4) is 0 Å². The Kier molecular flexibility index (Phi) is 5.08. The number of piperazine rings is 1. The molecule has 2 aliphatic heterocycles. The largest absolute Gasteiger partial charge is 0.480 e. The van der Waals surface area contributed by atoms with Crippen molar-refractivity contribution in [2.75, 3.05) is 19.6 Å². The van der Waals surface area contributed by atoms with Crippen molar-refractivity contribution in [1.82, 2.24) is 15.1 Å². The van der Waals surface area contributed by atoms with E-state index < -0.39 is 12.0 Å². The molecule has 2 aliphatic rings. The molecule has 0 spiro atoms. The van der Waals surface area contributed by atoms with Crippen molar-refractivity contribution in [2.45, 2.75) is 58.2 Å². The summed E-state index contributed by atoms with van der Waals surface area (Å²) in [4.78, 5) is 28.1. The van der Waals surface area contributed by atoms with E-state index in [9.17, 15) is 14.7 Å². The van der Waals surface area contributed by atoms with Gasteiger partial charge in [0.15, 0.2) is 0 Å². The summed E-state index contributed by atoms with van der Waals surface area (Å²) < 4.78 is 0. The van der Waals surface area contributed by atoms with Gasteiger partial charge >= 0.3 is 12.0 Å². The lowest BCUT2D eigenvalue weighted by atomic mass is 9.99. The topological polar surface area (TPSA) is 72.9 Å². The van der Waals surface area contributed by atoms with Crippen LogP contribution in [0.5, 0.6) is 0 Å². The summed E-state index contributed by atoms with van der Waals surface area (Å²) in [6.07, 6.45) is 3.05. The minimum absolute atomic E-state index is 0.0745. The van der Waals surface area contributed by atoms with E-state index in [1.807, 2.05) is 25.7 Å². The molecule has 0 aromatic carbocycles. The fraction of sp³-hybridized carbons (Fsp3) is 0.867. The lowest BCUT2D eigenvalue weighted by molar-refractivity contribution is -0.140. The predicted molar refractivity (Wildman–Crippen MR) is 80.2 cm³/mol. The number of rotatable bonds is 4. The predicted octanol–water partition coefficient (Wildman–Crippen LogP) is 1.36. The maximum atomic E-state index is 12.5. The quantitative estimate of drug-likeness (QED) is 0.822. The van der Waals surface area contributed by atoms with Crippen LogP contribution in [0.4, 0.5) is 4.79 Å². The second-order valence-corrected chi connectivity index (χ2v) is 6.44. The highest BCUT2D eigenvalue weighted by molar-refractivity contribution is 5.83. The molecule has 2 unspecified atom stereocenters. The van der Waals surface area contributed by atoms with Gasteiger partial charge < -0.3 is 15.3 Å². The van der Waals surface area contributed by atoms with E-state index in [1.165, 1.54) is 6.42 Å². The lowest BCUT2D eigenvalue weighted by Gasteiger charge is -2.42. The Morgan fingerprint density at radius 1 is 1.38 bits per heavy atom. The smallest absolute Gasteiger partial charge is 0.326 e. The highest BCUT2D eigenvalue weighted by Crippen LogP contribution is 2.24. The Morgan fingerprint density at radius 3 is 2.71 bits per heavy atom. The summed E-state index contributed by atoms with van der Waals surface area (Å²) in [6.45, 7) is 8.55. The van der Waals surface area contributed by atoms with E-state index in [2.05, 4.69) is 10.2 Å². The van der Waals surface area contributed by atoms with Crippen LogP contribution in [0.3, 0.4) is 0 Å². The van der Waals surface area contributed by atoms with Crippen LogP contribution in [-0.4, -0.2) is 64.7 Å². The van der Waals surface area contributed by atoms with Gasteiger partial charge in [0.25, 0.3) is 0 Å². The molecule has 2 heterocycles. The van der Waals surface area contributed by atoms with E-state index in [-0.39, 0.29) is 18.0 Å². The number of fused-ring (bicyclic) bond motifs is 1. The van der Waals surface area contributed by atoms with E-state index in [0.717, 1.165) is 25.9 Å². The summed E-state index contributed by atoms with van der Waals surface area (Å²) in [5.41, 5.74) is 0. The second kappa shape index (κ2) is 6.64. The number of nitrogens with one attached hydrogen (secondary N) is 1. The Morgan fingerprint density at radius 2 is 2.10 bits per heavy atom. The second-order valence-electron chi connectivity index (χ2n) is 6.44. The van der Waals surface area contributed by atoms with Crippen LogP contribution in [0.25, 0.3) is 0 Å². The van der Waals surface area contributed by atoms with Crippen LogP contribution < -0.4 is 5.32 Å². The van der Waals surface area contributed by atoms with E-state index >= 15 is 0 Å². The van der Waals surface area contributed by atoms with E-state index in [1.54, 1.807) is 0 Å². The van der Waals surface area contributed by atoms with Crippen molar-refractivity contribution in [2.24, 2.45) is 5.92 Å². The first kappa shape index (κ1) is 16.1. The Balaban J connectivity index is 1.99. The Bertz CT molecular complexity index is 402. The van der Waals surface area contributed by atoms with Crippen LogP contribution in [0, 0.1) is 5.92 Å². The molecule has 6 heteroatoms. The number of carboxylic acid groups (broad SMARTS) is 1. The average molecular weight is 297 g/mol. The molecule has 0 bridgehead atoms. The number of carbonyl (C=O) groups excluding carboxylic acids is 1. The molecular formula is C15H27N3O3. The van der Waals surface area contributed by atoms with Gasteiger partial charge in [-0.2, -0.15) is 0 Å². The van der Waals surface area contributed by atoms with Crippen molar-refractivity contribution < 1.29 is 14.7 Å². The number of urea groups is 1. The zero-order valence-corrected chi connectivity index (χ0v) is 13.2. The SMILES string of the molecule is CC[C@H](C)[C@H](NC(=O)N1CC2CCCN2CC1C)C(=O)O. The van der Waals surface area contributed by atoms with Gasteiger partial charge in [-0.25, -0.2) is 9.59 Å². The number of nitrogens with zero attached hydrogens (tertiary/aromatic N) is 2. The van der Waals surface area contributed by atoms with Crippen LogP contribution in [0.2, 0.25) is 0 Å². The molecular weight excluding hydrogens is 270 g/mol. The minimum Gasteiger partial charge on any atom is -0.480 e. The zero-order valence-electron chi connectivity index (χ0n) is 13.2. The van der Waals surface area contributed by atoms with Gasteiger partial charge in [0.05, 0.1) is 0 Å². The number of carboxylic acids is 1. The average Bonchev–Trinajstić information content (AvgIpc) is 2.89. The monoisotopic (exact) mass is 297 g/mol. The van der Waals surface area contributed by atoms with Crippen LogP contribution >= 0.6 is 0 Å². The van der Waals surface area contributed by atoms with Crippen molar-refractivity contribution in [3.05, 3.63) is 0 Å². The molecule has 0 aromatic rings. The zero-order chi connectivity index (χ0) is 15.6. The molecule has 4 atom stereocenters. The first-order chi connectivity index (χ1) is 9.93. The fourth-order valence-corrected chi connectivity index (χ4v) is 3.37. The summed E-state index contributed by atoms with van der Waals surface area (Å²) in [7, 11) is 0. The van der Waals surface area contributed by atoms with Crippen molar-refractivity contribution in [1.29, 1.82) is 0 Å². The first-order valence-corrected chi connectivity index (χ1v) is 7.98. The molecule has 2 saturated heterocycles. The Labute approximate surface area is 126 Å². The number of amides is 2. The third-order valence-electron chi connectivity index (χ3n) is 4.96. The first-order valence-electron chi connectivity index (χ1n) is 7.98. The number of hydrogen-bond acceptors (Lipinski definition) is 3. The molecule has 0 radical (unpaired) electrons. The van der Waals surface area contributed by atoms with E-state index in [4.69, 9.17) is 0 Å². The van der Waals surface area contributed by atoms with Gasteiger partial charge in [-0.3, -0.25) is 4.90 Å². The van der Waals surface area contributed by atoms with Crippen LogP contribution in [0.15, 0.2) is 0 Å². The van der Waals surface area contributed by atoms with Gasteiger partial charge in [-0.1, -0.05) is 20.3 Å². The molecule has 120 valence electrons. The fourth-order valence-electron chi connectivity index (χ4n) is 3.37. The Hall–Kier alpha value is -1.30. The van der Waals surface area contributed by atoms with E-state index in [0.29, 0.717) is 12.6 Å². The highest BCUT2D eigenvalue weighted by atomic mass is 16.4. The third-order valence-corrected chi connectivity index (χ3v) is 4.96. The number of carbonyl (C=O) groups is 2.